The summed E-state index contributed by atoms with van der Waals surface area (Å²) in [5.74, 6) is 6.05. The second-order valence-corrected chi connectivity index (χ2v) is 6.94. The number of carbonyl (C=O) groups excluding carboxylic acids is 1. The number of rotatable bonds is 6. The molecular formula is C23H29N5O2. The summed E-state index contributed by atoms with van der Waals surface area (Å²) in [6.45, 7) is 8.75. The van der Waals surface area contributed by atoms with Crippen LogP contribution in [0, 0.1) is 27.7 Å². The Balaban J connectivity index is 0.000000735. The molecule has 7 nitrogen and oxygen atoms in total. The summed E-state index contributed by atoms with van der Waals surface area (Å²) in [6.07, 6.45) is 4.10. The van der Waals surface area contributed by atoms with Gasteiger partial charge in [0.15, 0.2) is 5.82 Å². The van der Waals surface area contributed by atoms with Crippen LogP contribution in [0.3, 0.4) is 0 Å². The molecule has 0 saturated heterocycles. The molecule has 1 aromatic heterocycles. The number of nitrogens with two attached hydrogens (primary N) is 1. The van der Waals surface area contributed by atoms with E-state index in [2.05, 4.69) is 72.2 Å². The molecule has 1 heterocycles. The zero-order valence-electron chi connectivity index (χ0n) is 18.1. The lowest BCUT2D eigenvalue weighted by molar-refractivity contribution is -0.109. The molecule has 0 aliphatic carbocycles. The molecule has 0 spiro atoms. The minimum absolute atomic E-state index is 0.403. The highest BCUT2D eigenvalue weighted by molar-refractivity contribution is 5.63. The number of ether oxygens (including phenoxy) is 1. The molecule has 0 unspecified atom stereocenters. The Morgan fingerprint density at radius 2 is 1.70 bits per heavy atom. The van der Waals surface area contributed by atoms with Crippen molar-refractivity contribution >= 4 is 12.1 Å². The summed E-state index contributed by atoms with van der Waals surface area (Å²) in [6, 6.07) is 10.4. The fraction of sp³-hybridized carbons (Fsp3) is 0.261. The van der Waals surface area contributed by atoms with Crippen LogP contribution in [-0.2, 0) is 11.4 Å². The number of hydrogen-bond acceptors (Lipinski definition) is 6. The number of nitrogens with zero attached hydrogens (tertiary/aromatic N) is 2. The van der Waals surface area contributed by atoms with Crippen LogP contribution in [0.2, 0.25) is 0 Å². The Morgan fingerprint density at radius 1 is 1.03 bits per heavy atom. The first kappa shape index (κ1) is 22.8. The lowest BCUT2D eigenvalue weighted by Gasteiger charge is -2.16. The molecule has 0 atom stereocenters. The lowest BCUT2D eigenvalue weighted by Crippen LogP contribution is -2.18. The third-order valence-corrected chi connectivity index (χ3v) is 4.66. The number of anilines is 1. The average Bonchev–Trinajstić information content (AvgIpc) is 2.75. The van der Waals surface area contributed by atoms with Gasteiger partial charge in [-0.25, -0.2) is 15.8 Å². The molecule has 0 aliphatic rings. The Bertz CT molecular complexity index is 988. The lowest BCUT2D eigenvalue weighted by atomic mass is 10.0. The van der Waals surface area contributed by atoms with Crippen molar-refractivity contribution < 1.29 is 9.53 Å². The first-order valence-corrected chi connectivity index (χ1v) is 9.60. The van der Waals surface area contributed by atoms with Gasteiger partial charge in [-0.1, -0.05) is 12.1 Å². The molecule has 0 bridgehead atoms. The summed E-state index contributed by atoms with van der Waals surface area (Å²) in [7, 11) is 1.93. The molecule has 0 radical (unpaired) electrons. The van der Waals surface area contributed by atoms with Gasteiger partial charge in [-0.2, -0.15) is 0 Å². The van der Waals surface area contributed by atoms with Crippen LogP contribution in [0.4, 0.5) is 5.69 Å². The van der Waals surface area contributed by atoms with Gasteiger partial charge >= 0.3 is 0 Å². The molecular weight excluding hydrogens is 378 g/mol. The normalized spacial score (nSPS) is 9.93. The molecule has 3 rings (SSSR count). The highest BCUT2D eigenvalue weighted by Crippen LogP contribution is 2.30. The standard InChI is InChI=1S/C22H25N3O.CH4N2O/c1-14-11-24-22(25-12-14)18-9-17(4)21(10-16(18)3)26-13-19-15(2)7-6-8-20(19)23-5;2-3-1-4/h6-12,23H,13H2,1-5H3;1H,2H2,(H,3,4). The van der Waals surface area contributed by atoms with Crippen molar-refractivity contribution in [1.29, 1.82) is 0 Å². The van der Waals surface area contributed by atoms with Gasteiger partial charge in [0, 0.05) is 36.3 Å². The summed E-state index contributed by atoms with van der Waals surface area (Å²) < 4.78 is 6.16. The van der Waals surface area contributed by atoms with E-state index in [9.17, 15) is 0 Å². The van der Waals surface area contributed by atoms with E-state index in [1.807, 2.05) is 26.4 Å². The van der Waals surface area contributed by atoms with E-state index in [1.54, 1.807) is 5.43 Å². The number of amides is 1. The van der Waals surface area contributed by atoms with Crippen molar-refractivity contribution in [3.63, 3.8) is 0 Å². The minimum atomic E-state index is 0.403. The van der Waals surface area contributed by atoms with Crippen LogP contribution >= 0.6 is 0 Å². The first-order chi connectivity index (χ1) is 14.4. The van der Waals surface area contributed by atoms with E-state index >= 15 is 0 Å². The van der Waals surface area contributed by atoms with Crippen LogP contribution in [0.25, 0.3) is 11.4 Å². The zero-order valence-corrected chi connectivity index (χ0v) is 18.1. The van der Waals surface area contributed by atoms with E-state index in [1.165, 1.54) is 11.1 Å². The third kappa shape index (κ3) is 5.78. The highest BCUT2D eigenvalue weighted by Gasteiger charge is 2.11. The van der Waals surface area contributed by atoms with Crippen LogP contribution in [0.5, 0.6) is 5.75 Å². The topological polar surface area (TPSA) is 102 Å². The largest absolute Gasteiger partial charge is 0.489 e. The number of hydrogen-bond donors (Lipinski definition) is 3. The van der Waals surface area contributed by atoms with Crippen molar-refractivity contribution in [1.82, 2.24) is 15.4 Å². The highest BCUT2D eigenvalue weighted by atomic mass is 16.5. The van der Waals surface area contributed by atoms with Crippen LogP contribution in [0.15, 0.2) is 42.7 Å². The number of carbonyl (C=O) groups is 1. The molecule has 7 heteroatoms. The molecule has 2 aromatic carbocycles. The number of hydrazine groups is 1. The second kappa shape index (κ2) is 10.9. The second-order valence-electron chi connectivity index (χ2n) is 6.94. The number of benzene rings is 2. The third-order valence-electron chi connectivity index (χ3n) is 4.66. The minimum Gasteiger partial charge on any atom is -0.489 e. The van der Waals surface area contributed by atoms with Gasteiger partial charge in [-0.05, 0) is 68.1 Å². The number of aryl methyl sites for hydroxylation is 4. The zero-order chi connectivity index (χ0) is 22.1. The Hall–Kier alpha value is -3.45. The molecule has 158 valence electrons. The van der Waals surface area contributed by atoms with Crippen LogP contribution in [-0.4, -0.2) is 23.4 Å². The van der Waals surface area contributed by atoms with Crippen LogP contribution < -0.4 is 21.3 Å². The fourth-order valence-electron chi connectivity index (χ4n) is 3.00. The van der Waals surface area contributed by atoms with Crippen molar-refractivity contribution in [2.45, 2.75) is 34.3 Å². The first-order valence-electron chi connectivity index (χ1n) is 9.60. The van der Waals surface area contributed by atoms with Gasteiger partial charge in [0.2, 0.25) is 6.41 Å². The molecule has 30 heavy (non-hydrogen) atoms. The summed E-state index contributed by atoms with van der Waals surface area (Å²) in [5.41, 5.74) is 9.53. The molecule has 1 amide bonds. The molecule has 0 aliphatic heterocycles. The molecule has 0 saturated carbocycles. The maximum absolute atomic E-state index is 8.94. The Kier molecular flexibility index (Phi) is 8.31. The van der Waals surface area contributed by atoms with Crippen molar-refractivity contribution in [2.24, 2.45) is 5.84 Å². The summed E-state index contributed by atoms with van der Waals surface area (Å²) in [5, 5.41) is 3.24. The monoisotopic (exact) mass is 407 g/mol. The molecule has 3 aromatic rings. The maximum Gasteiger partial charge on any atom is 0.221 e. The molecule has 0 fully saturated rings. The predicted molar refractivity (Wildman–Crippen MR) is 120 cm³/mol. The quantitative estimate of drug-likeness (QED) is 0.250. The van der Waals surface area contributed by atoms with Gasteiger partial charge in [0.25, 0.3) is 0 Å². The fourth-order valence-corrected chi connectivity index (χ4v) is 3.00. The van der Waals surface area contributed by atoms with Crippen molar-refractivity contribution in [2.75, 3.05) is 12.4 Å². The number of aromatic nitrogens is 2. The SMILES string of the molecule is CNc1cccc(C)c1COc1cc(C)c(-c2ncc(C)cn2)cc1C.NNC=O. The smallest absolute Gasteiger partial charge is 0.221 e. The van der Waals surface area contributed by atoms with Gasteiger partial charge in [-0.15, -0.1) is 0 Å². The van der Waals surface area contributed by atoms with E-state index in [4.69, 9.17) is 9.53 Å². The van der Waals surface area contributed by atoms with Crippen LogP contribution in [0.1, 0.15) is 27.8 Å². The van der Waals surface area contributed by atoms with Gasteiger partial charge in [0.1, 0.15) is 12.4 Å². The van der Waals surface area contributed by atoms with Gasteiger partial charge in [0.05, 0.1) is 0 Å². The Morgan fingerprint density at radius 3 is 2.30 bits per heavy atom. The number of nitrogens with one attached hydrogen (secondary N) is 2. The summed E-state index contributed by atoms with van der Waals surface area (Å²) in [4.78, 5) is 17.8. The Labute approximate surface area is 177 Å². The van der Waals surface area contributed by atoms with Crippen molar-refractivity contribution in [3.05, 3.63) is 70.5 Å². The predicted octanol–water partition coefficient (Wildman–Crippen LogP) is 3.60. The maximum atomic E-state index is 8.94. The van der Waals surface area contributed by atoms with Gasteiger partial charge in [-0.3, -0.25) is 10.2 Å². The van der Waals surface area contributed by atoms with E-state index < -0.39 is 0 Å². The molecule has 4 N–H and O–H groups in total. The average molecular weight is 408 g/mol. The van der Waals surface area contributed by atoms with E-state index in [-0.39, 0.29) is 0 Å². The van der Waals surface area contributed by atoms with E-state index in [0.717, 1.165) is 39.5 Å². The van der Waals surface area contributed by atoms with Gasteiger partial charge < -0.3 is 10.1 Å². The summed E-state index contributed by atoms with van der Waals surface area (Å²) >= 11 is 0. The van der Waals surface area contributed by atoms with E-state index in [0.29, 0.717) is 13.0 Å². The van der Waals surface area contributed by atoms with Crippen molar-refractivity contribution in [3.8, 4) is 17.1 Å².